The van der Waals surface area contributed by atoms with Crippen molar-refractivity contribution in [3.8, 4) is 5.69 Å². The average molecular weight is 254 g/mol. The predicted octanol–water partition coefficient (Wildman–Crippen LogP) is 0.995. The van der Waals surface area contributed by atoms with Crippen molar-refractivity contribution in [1.29, 1.82) is 0 Å². The zero-order valence-electron chi connectivity index (χ0n) is 7.34. The Balaban J connectivity index is 2.25. The normalized spacial score (nSPS) is 10.4. The second-order valence-corrected chi connectivity index (χ2v) is 3.48. The molecule has 0 fully saturated rings. The van der Waals surface area contributed by atoms with Crippen molar-refractivity contribution in [2.75, 3.05) is 5.33 Å². The molecule has 2 aromatic rings. The standard InChI is InChI=1S/C8H8BrN5/c9-2-1-7-5-14(13-12-7)8-3-10-6-11-4-8/h3-6H,1-2H2. The lowest BCUT2D eigenvalue weighted by Gasteiger charge is -1.95. The molecule has 0 amide bonds. The van der Waals surface area contributed by atoms with E-state index >= 15 is 0 Å². The van der Waals surface area contributed by atoms with Gasteiger partial charge >= 0.3 is 0 Å². The summed E-state index contributed by atoms with van der Waals surface area (Å²) in [7, 11) is 0. The van der Waals surface area contributed by atoms with Crippen molar-refractivity contribution in [3.05, 3.63) is 30.6 Å². The summed E-state index contributed by atoms with van der Waals surface area (Å²) in [5.74, 6) is 0. The smallest absolute Gasteiger partial charge is 0.115 e. The van der Waals surface area contributed by atoms with Crippen LogP contribution in [0.25, 0.3) is 5.69 Å². The number of aromatic nitrogens is 5. The Bertz CT molecular complexity index is 399. The average Bonchev–Trinajstić information content (AvgIpc) is 2.68. The first-order valence-corrected chi connectivity index (χ1v) is 5.25. The van der Waals surface area contributed by atoms with Crippen LogP contribution in [0.2, 0.25) is 0 Å². The van der Waals surface area contributed by atoms with Crippen LogP contribution in [0.15, 0.2) is 24.9 Å². The lowest BCUT2D eigenvalue weighted by atomic mass is 10.4. The van der Waals surface area contributed by atoms with Gasteiger partial charge in [-0.2, -0.15) is 0 Å². The molecular weight excluding hydrogens is 246 g/mol. The minimum absolute atomic E-state index is 0.820. The third-order valence-electron chi connectivity index (χ3n) is 1.70. The molecule has 2 heterocycles. The molecule has 2 aromatic heterocycles. The summed E-state index contributed by atoms with van der Waals surface area (Å²) in [6.45, 7) is 0. The van der Waals surface area contributed by atoms with E-state index < -0.39 is 0 Å². The van der Waals surface area contributed by atoms with E-state index in [-0.39, 0.29) is 0 Å². The van der Waals surface area contributed by atoms with Crippen LogP contribution in [0.1, 0.15) is 5.69 Å². The number of hydrogen-bond donors (Lipinski definition) is 0. The minimum atomic E-state index is 0.820. The van der Waals surface area contributed by atoms with Crippen LogP contribution in [0.4, 0.5) is 0 Å². The fraction of sp³-hybridized carbons (Fsp3) is 0.250. The molecular formula is C8H8BrN5. The molecule has 72 valence electrons. The fourth-order valence-corrected chi connectivity index (χ4v) is 1.45. The summed E-state index contributed by atoms with van der Waals surface area (Å²) in [4.78, 5) is 7.81. The van der Waals surface area contributed by atoms with Gasteiger partial charge in [-0.1, -0.05) is 21.1 Å². The van der Waals surface area contributed by atoms with Crippen molar-refractivity contribution in [2.24, 2.45) is 0 Å². The van der Waals surface area contributed by atoms with Crippen LogP contribution >= 0.6 is 15.9 Å². The molecule has 0 N–H and O–H groups in total. The number of halogens is 1. The van der Waals surface area contributed by atoms with Crippen molar-refractivity contribution in [1.82, 2.24) is 25.0 Å². The van der Waals surface area contributed by atoms with Crippen molar-refractivity contribution in [2.45, 2.75) is 6.42 Å². The van der Waals surface area contributed by atoms with Crippen molar-refractivity contribution >= 4 is 15.9 Å². The van der Waals surface area contributed by atoms with Crippen LogP contribution in [0, 0.1) is 0 Å². The molecule has 0 aliphatic carbocycles. The SMILES string of the molecule is BrCCc1cn(-c2cncnc2)nn1. The number of hydrogen-bond acceptors (Lipinski definition) is 4. The molecule has 0 spiro atoms. The van der Waals surface area contributed by atoms with Gasteiger partial charge in [-0.25, -0.2) is 14.6 Å². The van der Waals surface area contributed by atoms with Gasteiger partial charge in [0, 0.05) is 11.8 Å². The first kappa shape index (κ1) is 9.26. The van der Waals surface area contributed by atoms with E-state index in [2.05, 4.69) is 36.2 Å². The van der Waals surface area contributed by atoms with Crippen LogP contribution in [-0.4, -0.2) is 30.3 Å². The number of aryl methyl sites for hydroxylation is 1. The van der Waals surface area contributed by atoms with Gasteiger partial charge in [-0.15, -0.1) is 5.10 Å². The third kappa shape index (κ3) is 1.95. The quantitative estimate of drug-likeness (QED) is 0.766. The van der Waals surface area contributed by atoms with Gasteiger partial charge in [-0.05, 0) is 0 Å². The van der Waals surface area contributed by atoms with E-state index in [4.69, 9.17) is 0 Å². The highest BCUT2D eigenvalue weighted by Crippen LogP contribution is 2.03. The molecule has 6 heteroatoms. The Kier molecular flexibility index (Phi) is 2.83. The number of rotatable bonds is 3. The van der Waals surface area contributed by atoms with E-state index in [1.54, 1.807) is 17.1 Å². The van der Waals surface area contributed by atoms with E-state index in [0.29, 0.717) is 0 Å². The van der Waals surface area contributed by atoms with Crippen LogP contribution in [-0.2, 0) is 6.42 Å². The van der Waals surface area contributed by atoms with E-state index in [1.807, 2.05) is 6.20 Å². The second kappa shape index (κ2) is 4.28. The summed E-state index contributed by atoms with van der Waals surface area (Å²) >= 11 is 3.35. The largest absolute Gasteiger partial charge is 0.243 e. The predicted molar refractivity (Wildman–Crippen MR) is 54.4 cm³/mol. The first-order valence-electron chi connectivity index (χ1n) is 4.13. The van der Waals surface area contributed by atoms with Gasteiger partial charge in [0.05, 0.1) is 24.3 Å². The molecule has 2 rings (SSSR count). The molecule has 0 aromatic carbocycles. The molecule has 0 aliphatic heterocycles. The fourth-order valence-electron chi connectivity index (χ4n) is 1.05. The van der Waals surface area contributed by atoms with Crippen LogP contribution < -0.4 is 0 Å². The summed E-state index contributed by atoms with van der Waals surface area (Å²) in [5, 5.41) is 8.87. The maximum absolute atomic E-state index is 4.01. The molecule has 0 saturated carbocycles. The Morgan fingerprint density at radius 2 is 2.07 bits per heavy atom. The summed E-state index contributed by atoms with van der Waals surface area (Å²) in [6.07, 6.45) is 7.62. The van der Waals surface area contributed by atoms with E-state index in [1.165, 1.54) is 6.33 Å². The lowest BCUT2D eigenvalue weighted by molar-refractivity contribution is 0.790. The summed E-state index contributed by atoms with van der Waals surface area (Å²) < 4.78 is 1.66. The monoisotopic (exact) mass is 253 g/mol. The summed E-state index contributed by atoms with van der Waals surface area (Å²) in [6, 6.07) is 0. The lowest BCUT2D eigenvalue weighted by Crippen LogP contribution is -1.95. The number of nitrogens with zero attached hydrogens (tertiary/aromatic N) is 5. The molecule has 0 aliphatic rings. The Morgan fingerprint density at radius 1 is 1.29 bits per heavy atom. The van der Waals surface area contributed by atoms with E-state index in [9.17, 15) is 0 Å². The Hall–Kier alpha value is -1.30. The molecule has 0 saturated heterocycles. The third-order valence-corrected chi connectivity index (χ3v) is 2.10. The molecule has 0 bridgehead atoms. The zero-order chi connectivity index (χ0) is 9.80. The highest BCUT2D eigenvalue weighted by molar-refractivity contribution is 9.09. The topological polar surface area (TPSA) is 56.5 Å². The second-order valence-electron chi connectivity index (χ2n) is 2.69. The highest BCUT2D eigenvalue weighted by Gasteiger charge is 2.01. The maximum atomic E-state index is 4.01. The summed E-state index contributed by atoms with van der Waals surface area (Å²) in [5.41, 5.74) is 1.77. The minimum Gasteiger partial charge on any atom is -0.243 e. The maximum Gasteiger partial charge on any atom is 0.115 e. The molecule has 0 unspecified atom stereocenters. The Morgan fingerprint density at radius 3 is 2.79 bits per heavy atom. The van der Waals surface area contributed by atoms with Gasteiger partial charge in [0.25, 0.3) is 0 Å². The van der Waals surface area contributed by atoms with Crippen molar-refractivity contribution < 1.29 is 0 Å². The number of alkyl halides is 1. The van der Waals surface area contributed by atoms with Crippen LogP contribution in [0.3, 0.4) is 0 Å². The molecule has 0 radical (unpaired) electrons. The van der Waals surface area contributed by atoms with Crippen LogP contribution in [0.5, 0.6) is 0 Å². The van der Waals surface area contributed by atoms with Gasteiger partial charge < -0.3 is 0 Å². The van der Waals surface area contributed by atoms with E-state index in [0.717, 1.165) is 23.1 Å². The van der Waals surface area contributed by atoms with Gasteiger partial charge in [-0.3, -0.25) is 0 Å². The zero-order valence-corrected chi connectivity index (χ0v) is 8.92. The Labute approximate surface area is 89.3 Å². The molecule has 5 nitrogen and oxygen atoms in total. The molecule has 0 atom stereocenters. The van der Waals surface area contributed by atoms with Gasteiger partial charge in [0.15, 0.2) is 0 Å². The molecule has 14 heavy (non-hydrogen) atoms. The van der Waals surface area contributed by atoms with Gasteiger partial charge in [0.2, 0.25) is 0 Å². The highest BCUT2D eigenvalue weighted by atomic mass is 79.9. The van der Waals surface area contributed by atoms with Crippen molar-refractivity contribution in [3.63, 3.8) is 0 Å². The van der Waals surface area contributed by atoms with Gasteiger partial charge in [0.1, 0.15) is 12.0 Å². The first-order chi connectivity index (χ1) is 6.90.